The summed E-state index contributed by atoms with van der Waals surface area (Å²) in [4.78, 5) is 30.5. The Kier molecular flexibility index (Phi) is 15.3. The van der Waals surface area contributed by atoms with Crippen LogP contribution in [0, 0.1) is 5.92 Å². The van der Waals surface area contributed by atoms with Crippen LogP contribution in [-0.4, -0.2) is 39.2 Å². The second-order valence-electron chi connectivity index (χ2n) is 4.48. The van der Waals surface area contributed by atoms with Gasteiger partial charge in [-0.25, -0.2) is 0 Å². The van der Waals surface area contributed by atoms with Crippen molar-refractivity contribution in [2.24, 2.45) is 5.92 Å². The van der Waals surface area contributed by atoms with Gasteiger partial charge in [-0.1, -0.05) is 26.2 Å². The minimum absolute atomic E-state index is 0.0142. The molecule has 0 heterocycles. The van der Waals surface area contributed by atoms with E-state index in [2.05, 4.69) is 14.2 Å². The van der Waals surface area contributed by atoms with E-state index >= 15 is 0 Å². The summed E-state index contributed by atoms with van der Waals surface area (Å²) in [6.45, 7) is 3.12. The first-order chi connectivity index (χ1) is 9.92. The molecule has 0 aromatic rings. The highest BCUT2D eigenvalue weighted by Gasteiger charge is 2.20. The Bertz CT molecular complexity index is 289. The van der Waals surface area contributed by atoms with E-state index in [4.69, 9.17) is 0 Å². The molecule has 1 rings (SSSR count). The lowest BCUT2D eigenvalue weighted by Crippen LogP contribution is -2.18. The fraction of sp³-hybridized carbons (Fsp3) is 0.800. The average molecular weight is 304 g/mol. The number of ether oxygens (including phenoxy) is 3. The second-order valence-corrected chi connectivity index (χ2v) is 4.48. The van der Waals surface area contributed by atoms with Gasteiger partial charge >= 0.3 is 17.9 Å². The number of esters is 3. The molecule has 6 nitrogen and oxygen atoms in total. The van der Waals surface area contributed by atoms with Gasteiger partial charge < -0.3 is 14.2 Å². The molecule has 6 heteroatoms. The lowest BCUT2D eigenvalue weighted by molar-refractivity contribution is -0.146. The van der Waals surface area contributed by atoms with E-state index in [9.17, 15) is 14.4 Å². The van der Waals surface area contributed by atoms with E-state index in [1.54, 1.807) is 6.92 Å². The summed E-state index contributed by atoms with van der Waals surface area (Å²) >= 11 is 0. The predicted octanol–water partition coefficient (Wildman–Crippen LogP) is 2.49. The second kappa shape index (κ2) is 14.8. The summed E-state index contributed by atoms with van der Waals surface area (Å²) in [5.74, 6) is -0.210. The molecule has 0 aromatic carbocycles. The first-order valence-electron chi connectivity index (χ1n) is 7.12. The molecule has 0 unspecified atom stereocenters. The Morgan fingerprint density at radius 1 is 0.905 bits per heavy atom. The molecular weight excluding hydrogens is 276 g/mol. The summed E-state index contributed by atoms with van der Waals surface area (Å²) in [6.07, 6.45) is 6.21. The molecule has 21 heavy (non-hydrogen) atoms. The van der Waals surface area contributed by atoms with Crippen LogP contribution in [0.25, 0.3) is 0 Å². The van der Waals surface area contributed by atoms with Crippen LogP contribution >= 0.6 is 0 Å². The van der Waals surface area contributed by atoms with Crippen molar-refractivity contribution in [2.45, 2.75) is 52.4 Å². The summed E-state index contributed by atoms with van der Waals surface area (Å²) in [6, 6.07) is 0. The van der Waals surface area contributed by atoms with Crippen LogP contribution in [0.4, 0.5) is 0 Å². The van der Waals surface area contributed by atoms with Crippen molar-refractivity contribution in [3.63, 3.8) is 0 Å². The van der Waals surface area contributed by atoms with Crippen LogP contribution in [0.5, 0.6) is 0 Å². The first-order valence-corrected chi connectivity index (χ1v) is 7.12. The molecule has 1 fully saturated rings. The smallest absolute Gasteiger partial charge is 0.308 e. The molecule has 0 bridgehead atoms. The molecule has 0 radical (unpaired) electrons. The van der Waals surface area contributed by atoms with Crippen molar-refractivity contribution in [1.29, 1.82) is 0 Å². The van der Waals surface area contributed by atoms with Gasteiger partial charge in [0.25, 0.3) is 0 Å². The third kappa shape index (κ3) is 14.6. The molecule has 1 aliphatic rings. The zero-order valence-corrected chi connectivity index (χ0v) is 13.8. The van der Waals surface area contributed by atoms with Crippen molar-refractivity contribution < 1.29 is 28.6 Å². The maximum Gasteiger partial charge on any atom is 0.308 e. The van der Waals surface area contributed by atoms with Gasteiger partial charge in [0, 0.05) is 13.3 Å². The molecule has 0 aliphatic heterocycles. The quantitative estimate of drug-likeness (QED) is 0.576. The van der Waals surface area contributed by atoms with Crippen LogP contribution in [0.2, 0.25) is 0 Å². The standard InChI is InChI=1S/C8H14O2.C4H8O2.C3H6O2/c1-10-8(9)7-5-3-2-4-6-7;1-3-4(5)6-2;1-3(4)5-2/h7H,2-6H2,1H3;3H2,1-2H3;1-2H3. The third-order valence-corrected chi connectivity index (χ3v) is 2.94. The SMILES string of the molecule is CCC(=O)OC.COC(=O)C1CCCCC1.COC(C)=O. The molecule has 0 saturated heterocycles. The Labute approximate surface area is 127 Å². The lowest BCUT2D eigenvalue weighted by Gasteiger charge is -2.18. The summed E-state index contributed by atoms with van der Waals surface area (Å²) in [5, 5.41) is 0. The zero-order chi connectivity index (χ0) is 16.7. The topological polar surface area (TPSA) is 78.9 Å². The average Bonchev–Trinajstić information content (AvgIpc) is 2.55. The van der Waals surface area contributed by atoms with Crippen molar-refractivity contribution in [1.82, 2.24) is 0 Å². The molecule has 0 aromatic heterocycles. The van der Waals surface area contributed by atoms with E-state index in [1.165, 1.54) is 47.5 Å². The van der Waals surface area contributed by atoms with E-state index in [-0.39, 0.29) is 23.8 Å². The number of carbonyl (C=O) groups is 3. The molecule has 1 saturated carbocycles. The number of rotatable bonds is 2. The fourth-order valence-corrected chi connectivity index (χ4v) is 1.65. The number of hydrogen-bond acceptors (Lipinski definition) is 6. The van der Waals surface area contributed by atoms with Gasteiger partial charge in [-0.05, 0) is 12.8 Å². The van der Waals surface area contributed by atoms with Crippen molar-refractivity contribution in [2.75, 3.05) is 21.3 Å². The fourth-order valence-electron chi connectivity index (χ4n) is 1.65. The number of carbonyl (C=O) groups excluding carboxylic acids is 3. The van der Waals surface area contributed by atoms with Gasteiger partial charge in [-0.3, -0.25) is 14.4 Å². The molecule has 1 aliphatic carbocycles. The first kappa shape index (κ1) is 21.7. The Morgan fingerprint density at radius 3 is 1.62 bits per heavy atom. The molecule has 0 amide bonds. The highest BCUT2D eigenvalue weighted by atomic mass is 16.5. The number of hydrogen-bond donors (Lipinski definition) is 0. The van der Waals surface area contributed by atoms with Gasteiger partial charge in [0.05, 0.1) is 27.2 Å². The maximum atomic E-state index is 10.9. The summed E-state index contributed by atoms with van der Waals surface area (Å²) < 4.78 is 13.0. The Hall–Kier alpha value is -1.59. The molecule has 0 atom stereocenters. The van der Waals surface area contributed by atoms with Crippen molar-refractivity contribution >= 4 is 17.9 Å². The zero-order valence-electron chi connectivity index (χ0n) is 13.8. The monoisotopic (exact) mass is 304 g/mol. The minimum atomic E-state index is -0.245. The minimum Gasteiger partial charge on any atom is -0.469 e. The molecule has 0 N–H and O–H groups in total. The van der Waals surface area contributed by atoms with Gasteiger partial charge in [-0.15, -0.1) is 0 Å². The van der Waals surface area contributed by atoms with Gasteiger partial charge in [0.15, 0.2) is 0 Å². The van der Waals surface area contributed by atoms with Gasteiger partial charge in [0.1, 0.15) is 0 Å². The van der Waals surface area contributed by atoms with Crippen LogP contribution in [-0.2, 0) is 28.6 Å². The Morgan fingerprint density at radius 2 is 1.38 bits per heavy atom. The molecule has 0 spiro atoms. The van der Waals surface area contributed by atoms with Crippen molar-refractivity contribution in [3.05, 3.63) is 0 Å². The maximum absolute atomic E-state index is 10.9. The van der Waals surface area contributed by atoms with E-state index in [0.717, 1.165) is 12.8 Å². The summed E-state index contributed by atoms with van der Waals surface area (Å²) in [7, 11) is 4.20. The highest BCUT2D eigenvalue weighted by Crippen LogP contribution is 2.24. The highest BCUT2D eigenvalue weighted by molar-refractivity contribution is 5.72. The molecule has 124 valence electrons. The van der Waals surface area contributed by atoms with Crippen molar-refractivity contribution in [3.8, 4) is 0 Å². The predicted molar refractivity (Wildman–Crippen MR) is 78.6 cm³/mol. The van der Waals surface area contributed by atoms with Crippen LogP contribution in [0.3, 0.4) is 0 Å². The van der Waals surface area contributed by atoms with Crippen LogP contribution in [0.15, 0.2) is 0 Å². The van der Waals surface area contributed by atoms with E-state index < -0.39 is 0 Å². The number of methoxy groups -OCH3 is 3. The third-order valence-electron chi connectivity index (χ3n) is 2.94. The normalized spacial score (nSPS) is 13.6. The van der Waals surface area contributed by atoms with Crippen LogP contribution < -0.4 is 0 Å². The van der Waals surface area contributed by atoms with Gasteiger partial charge in [-0.2, -0.15) is 0 Å². The van der Waals surface area contributed by atoms with E-state index in [0.29, 0.717) is 6.42 Å². The van der Waals surface area contributed by atoms with Crippen LogP contribution in [0.1, 0.15) is 52.4 Å². The largest absolute Gasteiger partial charge is 0.469 e. The van der Waals surface area contributed by atoms with Gasteiger partial charge in [0.2, 0.25) is 0 Å². The van der Waals surface area contributed by atoms with E-state index in [1.807, 2.05) is 0 Å². The lowest BCUT2D eigenvalue weighted by atomic mass is 9.89. The summed E-state index contributed by atoms with van der Waals surface area (Å²) in [5.41, 5.74) is 0. The Balaban J connectivity index is 0. The molecular formula is C15H28O6.